The molecule has 0 N–H and O–H groups in total. The average molecular weight is 285 g/mol. The standard InChI is InChI=1S/C15H25Br/c1-10(2)12-7-8-15(4)13(9-12)11(3)5-6-14(15)16/h10,12-14H,3,5-9H2,1-2,4H3/t12-,13+,14+,15+/m1/s1. The summed E-state index contributed by atoms with van der Waals surface area (Å²) in [4.78, 5) is 0.712. The van der Waals surface area contributed by atoms with E-state index in [1.165, 1.54) is 37.7 Å². The van der Waals surface area contributed by atoms with E-state index in [9.17, 15) is 0 Å². The number of rotatable bonds is 1. The maximum Gasteiger partial charge on any atom is 0.0208 e. The van der Waals surface area contributed by atoms with Gasteiger partial charge >= 0.3 is 0 Å². The van der Waals surface area contributed by atoms with Crippen LogP contribution in [0.25, 0.3) is 0 Å². The predicted octanol–water partition coefficient (Wildman–Crippen LogP) is 5.18. The van der Waals surface area contributed by atoms with Crippen LogP contribution in [0.3, 0.4) is 0 Å². The van der Waals surface area contributed by atoms with Crippen LogP contribution in [0, 0.1) is 23.2 Å². The van der Waals surface area contributed by atoms with Crippen molar-refractivity contribution < 1.29 is 0 Å². The third kappa shape index (κ3) is 2.00. The van der Waals surface area contributed by atoms with E-state index in [-0.39, 0.29) is 0 Å². The molecule has 4 atom stereocenters. The minimum absolute atomic E-state index is 0.487. The maximum absolute atomic E-state index is 4.35. The smallest absolute Gasteiger partial charge is 0.0208 e. The first kappa shape index (κ1) is 12.7. The largest absolute Gasteiger partial charge is 0.0996 e. The Morgan fingerprint density at radius 1 is 1.38 bits per heavy atom. The van der Waals surface area contributed by atoms with Gasteiger partial charge in [0.05, 0.1) is 0 Å². The minimum Gasteiger partial charge on any atom is -0.0996 e. The molecule has 0 aromatic carbocycles. The lowest BCUT2D eigenvalue weighted by Crippen LogP contribution is -2.45. The Kier molecular flexibility index (Phi) is 3.55. The van der Waals surface area contributed by atoms with Gasteiger partial charge in [-0.3, -0.25) is 0 Å². The van der Waals surface area contributed by atoms with Crippen LogP contribution in [0.5, 0.6) is 0 Å². The molecule has 2 rings (SSSR count). The van der Waals surface area contributed by atoms with Gasteiger partial charge in [0, 0.05) is 4.83 Å². The van der Waals surface area contributed by atoms with Crippen molar-refractivity contribution in [2.45, 2.75) is 57.7 Å². The predicted molar refractivity (Wildman–Crippen MR) is 74.9 cm³/mol. The summed E-state index contributed by atoms with van der Waals surface area (Å²) in [6.45, 7) is 11.6. The van der Waals surface area contributed by atoms with E-state index >= 15 is 0 Å². The molecule has 2 aliphatic carbocycles. The van der Waals surface area contributed by atoms with Crippen LogP contribution in [0.2, 0.25) is 0 Å². The zero-order chi connectivity index (χ0) is 11.9. The van der Waals surface area contributed by atoms with Crippen molar-refractivity contribution in [2.75, 3.05) is 0 Å². The van der Waals surface area contributed by atoms with Gasteiger partial charge in [-0.25, -0.2) is 0 Å². The summed E-state index contributed by atoms with van der Waals surface area (Å²) in [5.41, 5.74) is 2.02. The Morgan fingerprint density at radius 2 is 2.06 bits per heavy atom. The Bertz CT molecular complexity index is 281. The first-order valence-electron chi connectivity index (χ1n) is 6.77. The second-order valence-electron chi connectivity index (χ2n) is 6.50. The molecule has 16 heavy (non-hydrogen) atoms. The lowest BCUT2D eigenvalue weighted by molar-refractivity contribution is 0.0663. The van der Waals surface area contributed by atoms with Crippen LogP contribution < -0.4 is 0 Å². The van der Waals surface area contributed by atoms with Crippen molar-refractivity contribution in [1.29, 1.82) is 0 Å². The van der Waals surface area contributed by atoms with Crippen molar-refractivity contribution >= 4 is 15.9 Å². The highest BCUT2D eigenvalue weighted by Crippen LogP contribution is 2.56. The Labute approximate surface area is 109 Å². The molecule has 0 radical (unpaired) electrons. The van der Waals surface area contributed by atoms with E-state index in [1.807, 2.05) is 0 Å². The number of alkyl halides is 1. The second-order valence-corrected chi connectivity index (χ2v) is 7.61. The van der Waals surface area contributed by atoms with Gasteiger partial charge in [-0.1, -0.05) is 48.9 Å². The lowest BCUT2D eigenvalue weighted by atomic mass is 9.56. The van der Waals surface area contributed by atoms with Gasteiger partial charge in [0.2, 0.25) is 0 Å². The van der Waals surface area contributed by atoms with Gasteiger partial charge in [0.1, 0.15) is 0 Å². The topological polar surface area (TPSA) is 0 Å². The third-order valence-corrected chi connectivity index (χ3v) is 6.76. The van der Waals surface area contributed by atoms with Gasteiger partial charge in [0.15, 0.2) is 0 Å². The molecule has 2 aliphatic rings. The first-order chi connectivity index (χ1) is 7.45. The summed E-state index contributed by atoms with van der Waals surface area (Å²) in [6, 6.07) is 0. The van der Waals surface area contributed by atoms with Crippen LogP contribution in [0.15, 0.2) is 12.2 Å². The Hall–Kier alpha value is 0.220. The van der Waals surface area contributed by atoms with E-state index in [1.54, 1.807) is 0 Å². The quantitative estimate of drug-likeness (QED) is 0.460. The fourth-order valence-corrected chi connectivity index (χ4v) is 4.57. The van der Waals surface area contributed by atoms with Crippen LogP contribution in [0.1, 0.15) is 52.9 Å². The minimum atomic E-state index is 0.487. The highest BCUT2D eigenvalue weighted by molar-refractivity contribution is 9.09. The average Bonchev–Trinajstić information content (AvgIpc) is 2.24. The Balaban J connectivity index is 2.18. The second kappa shape index (κ2) is 4.48. The maximum atomic E-state index is 4.35. The molecule has 0 bridgehead atoms. The molecule has 0 aromatic heterocycles. The van der Waals surface area contributed by atoms with E-state index < -0.39 is 0 Å². The van der Waals surface area contributed by atoms with Gasteiger partial charge in [0.25, 0.3) is 0 Å². The summed E-state index contributed by atoms with van der Waals surface area (Å²) in [5, 5.41) is 0. The fraction of sp³-hybridized carbons (Fsp3) is 0.867. The first-order valence-corrected chi connectivity index (χ1v) is 7.68. The molecular weight excluding hydrogens is 260 g/mol. The van der Waals surface area contributed by atoms with Crippen molar-refractivity contribution in [1.82, 2.24) is 0 Å². The van der Waals surface area contributed by atoms with Gasteiger partial charge in [-0.05, 0) is 55.3 Å². The van der Waals surface area contributed by atoms with E-state index in [2.05, 4.69) is 43.3 Å². The zero-order valence-corrected chi connectivity index (χ0v) is 12.5. The monoisotopic (exact) mass is 284 g/mol. The molecular formula is C15H25Br. The highest BCUT2D eigenvalue weighted by atomic mass is 79.9. The molecule has 0 aliphatic heterocycles. The highest BCUT2D eigenvalue weighted by Gasteiger charge is 2.47. The van der Waals surface area contributed by atoms with Gasteiger partial charge < -0.3 is 0 Å². The van der Waals surface area contributed by atoms with Crippen LogP contribution in [-0.2, 0) is 0 Å². The van der Waals surface area contributed by atoms with Crippen LogP contribution in [-0.4, -0.2) is 4.83 Å². The summed E-state index contributed by atoms with van der Waals surface area (Å²) < 4.78 is 0. The molecule has 0 spiro atoms. The molecule has 0 heterocycles. The Morgan fingerprint density at radius 3 is 2.69 bits per heavy atom. The number of allylic oxidation sites excluding steroid dienone is 1. The van der Waals surface area contributed by atoms with Gasteiger partial charge in [-0.2, -0.15) is 0 Å². The molecule has 0 saturated heterocycles. The zero-order valence-electron chi connectivity index (χ0n) is 10.9. The summed E-state index contributed by atoms with van der Waals surface area (Å²) in [6.07, 6.45) is 6.71. The van der Waals surface area contributed by atoms with Crippen molar-refractivity contribution in [3.05, 3.63) is 12.2 Å². The lowest BCUT2D eigenvalue weighted by Gasteiger charge is -2.52. The summed E-state index contributed by atoms with van der Waals surface area (Å²) >= 11 is 3.93. The number of halogens is 1. The molecule has 1 heteroatoms. The van der Waals surface area contributed by atoms with Gasteiger partial charge in [-0.15, -0.1) is 0 Å². The number of hydrogen-bond acceptors (Lipinski definition) is 0. The molecule has 0 nitrogen and oxygen atoms in total. The van der Waals surface area contributed by atoms with Crippen molar-refractivity contribution in [3.63, 3.8) is 0 Å². The fourth-order valence-electron chi connectivity index (χ4n) is 3.79. The van der Waals surface area contributed by atoms with Crippen LogP contribution >= 0.6 is 15.9 Å². The summed E-state index contributed by atoms with van der Waals surface area (Å²) in [7, 11) is 0. The number of hydrogen-bond donors (Lipinski definition) is 0. The van der Waals surface area contributed by atoms with Crippen LogP contribution in [0.4, 0.5) is 0 Å². The van der Waals surface area contributed by atoms with E-state index in [0.717, 1.165) is 17.8 Å². The van der Waals surface area contributed by atoms with Crippen molar-refractivity contribution in [2.24, 2.45) is 23.2 Å². The number of fused-ring (bicyclic) bond motifs is 1. The van der Waals surface area contributed by atoms with E-state index in [4.69, 9.17) is 0 Å². The normalized spacial score (nSPS) is 44.6. The molecule has 0 unspecified atom stereocenters. The molecule has 0 amide bonds. The molecule has 2 saturated carbocycles. The molecule has 92 valence electrons. The van der Waals surface area contributed by atoms with Crippen molar-refractivity contribution in [3.8, 4) is 0 Å². The summed E-state index contributed by atoms with van der Waals surface area (Å²) in [5.74, 6) is 2.53. The SMILES string of the molecule is C=C1CC[C@H](Br)[C@@]2(C)CC[C@@H](C(C)C)C[C@@H]12. The molecule has 0 aromatic rings. The molecule has 2 fully saturated rings. The third-order valence-electron chi connectivity index (χ3n) is 5.26. The van der Waals surface area contributed by atoms with E-state index in [0.29, 0.717) is 10.2 Å².